The number of para-hydroxylation sites is 1. The summed E-state index contributed by atoms with van der Waals surface area (Å²) in [6.07, 6.45) is 2.81. The molecule has 1 aromatic carbocycles. The van der Waals surface area contributed by atoms with E-state index in [1.54, 1.807) is 0 Å². The molecular formula is C15H19N3O. The van der Waals surface area contributed by atoms with E-state index < -0.39 is 0 Å². The first-order valence-electron chi connectivity index (χ1n) is 6.38. The van der Waals surface area contributed by atoms with E-state index in [-0.39, 0.29) is 6.17 Å². The molecule has 1 aliphatic rings. The summed E-state index contributed by atoms with van der Waals surface area (Å²) in [5.74, 6) is 0. The van der Waals surface area contributed by atoms with Crippen LogP contribution in [-0.4, -0.2) is 54.4 Å². The van der Waals surface area contributed by atoms with Crippen LogP contribution in [0.3, 0.4) is 0 Å². The maximum absolute atomic E-state index is 10.3. The zero-order valence-corrected chi connectivity index (χ0v) is 11.4. The molecule has 2 aromatic rings. The molecule has 100 valence electrons. The molecule has 0 unspecified atom stereocenters. The van der Waals surface area contributed by atoms with Crippen molar-refractivity contribution in [3.63, 3.8) is 0 Å². The van der Waals surface area contributed by atoms with Crippen molar-refractivity contribution < 1.29 is 4.79 Å². The zero-order valence-electron chi connectivity index (χ0n) is 11.4. The average molecular weight is 257 g/mol. The number of aromatic nitrogens is 1. The van der Waals surface area contributed by atoms with Crippen LogP contribution in [0.25, 0.3) is 10.9 Å². The molecule has 1 aliphatic heterocycles. The van der Waals surface area contributed by atoms with Crippen molar-refractivity contribution in [3.05, 3.63) is 42.6 Å². The number of pyridine rings is 1. The third kappa shape index (κ3) is 3.36. The summed E-state index contributed by atoms with van der Waals surface area (Å²) in [4.78, 5) is 18.6. The Kier molecular flexibility index (Phi) is 4.60. The quantitative estimate of drug-likeness (QED) is 0.727. The fourth-order valence-electron chi connectivity index (χ4n) is 2.14. The topological polar surface area (TPSA) is 36.4 Å². The van der Waals surface area contributed by atoms with Crippen molar-refractivity contribution in [2.75, 3.05) is 27.2 Å². The summed E-state index contributed by atoms with van der Waals surface area (Å²) in [6.45, 7) is 2.00. The van der Waals surface area contributed by atoms with Crippen LogP contribution >= 0.6 is 0 Å². The number of carbonyl (C=O) groups is 1. The number of nitrogens with zero attached hydrogens (tertiary/aromatic N) is 3. The van der Waals surface area contributed by atoms with Crippen LogP contribution in [0.5, 0.6) is 0 Å². The monoisotopic (exact) mass is 257 g/mol. The minimum Gasteiger partial charge on any atom is -0.300 e. The van der Waals surface area contributed by atoms with E-state index in [0.29, 0.717) is 0 Å². The zero-order chi connectivity index (χ0) is 13.7. The van der Waals surface area contributed by atoms with Gasteiger partial charge in [0, 0.05) is 24.7 Å². The van der Waals surface area contributed by atoms with Crippen LogP contribution in [0.2, 0.25) is 0 Å². The summed E-state index contributed by atoms with van der Waals surface area (Å²) >= 11 is 0. The molecule has 2 heterocycles. The number of hydrogen-bond donors (Lipinski definition) is 0. The summed E-state index contributed by atoms with van der Waals surface area (Å²) in [7, 11) is 3.92. The molecule has 4 nitrogen and oxygen atoms in total. The minimum atomic E-state index is 0.0185. The lowest BCUT2D eigenvalue weighted by atomic mass is 10.2. The van der Waals surface area contributed by atoms with Crippen molar-refractivity contribution in [1.29, 1.82) is 0 Å². The first kappa shape index (κ1) is 13.6. The Balaban J connectivity index is 0.000000141. The lowest BCUT2D eigenvalue weighted by Gasteiger charge is -2.17. The molecule has 0 bridgehead atoms. The summed E-state index contributed by atoms with van der Waals surface area (Å²) < 4.78 is 0. The Morgan fingerprint density at radius 3 is 2.32 bits per heavy atom. The number of likely N-dealkylation sites (N-methyl/N-ethyl adjacent to an activating group) is 2. The van der Waals surface area contributed by atoms with E-state index in [9.17, 15) is 4.79 Å². The van der Waals surface area contributed by atoms with Gasteiger partial charge in [0.05, 0.1) is 5.52 Å². The molecule has 4 heteroatoms. The SMILES string of the molecule is CN1CCN(C)C1C=O.c1ccc2ncccc2c1. The summed E-state index contributed by atoms with van der Waals surface area (Å²) in [5.41, 5.74) is 1.06. The molecule has 1 fully saturated rings. The molecule has 1 saturated heterocycles. The van der Waals surface area contributed by atoms with Crippen LogP contribution in [0, 0.1) is 0 Å². The van der Waals surface area contributed by atoms with Crippen molar-refractivity contribution in [2.24, 2.45) is 0 Å². The highest BCUT2D eigenvalue weighted by Gasteiger charge is 2.24. The third-order valence-corrected chi connectivity index (χ3v) is 3.34. The molecule has 0 saturated carbocycles. The highest BCUT2D eigenvalue weighted by molar-refractivity contribution is 5.77. The van der Waals surface area contributed by atoms with Crippen molar-refractivity contribution in [2.45, 2.75) is 6.17 Å². The second-order valence-electron chi connectivity index (χ2n) is 4.71. The van der Waals surface area contributed by atoms with Crippen molar-refractivity contribution in [1.82, 2.24) is 14.8 Å². The maximum Gasteiger partial charge on any atom is 0.151 e. The van der Waals surface area contributed by atoms with E-state index in [1.807, 2.05) is 54.4 Å². The third-order valence-electron chi connectivity index (χ3n) is 3.34. The Morgan fingerprint density at radius 2 is 1.74 bits per heavy atom. The molecule has 19 heavy (non-hydrogen) atoms. The van der Waals surface area contributed by atoms with E-state index in [2.05, 4.69) is 17.1 Å². The number of benzene rings is 1. The van der Waals surface area contributed by atoms with Gasteiger partial charge < -0.3 is 4.79 Å². The van der Waals surface area contributed by atoms with Crippen LogP contribution in [0.1, 0.15) is 0 Å². The van der Waals surface area contributed by atoms with Gasteiger partial charge in [-0.2, -0.15) is 0 Å². The van der Waals surface area contributed by atoms with Gasteiger partial charge in [-0.15, -0.1) is 0 Å². The van der Waals surface area contributed by atoms with Gasteiger partial charge in [-0.3, -0.25) is 14.8 Å². The molecule has 0 N–H and O–H groups in total. The summed E-state index contributed by atoms with van der Waals surface area (Å²) in [5, 5.41) is 1.20. The lowest BCUT2D eigenvalue weighted by molar-refractivity contribution is -0.114. The first-order chi connectivity index (χ1) is 9.22. The molecular weight excluding hydrogens is 238 g/mol. The molecule has 0 radical (unpaired) electrons. The Bertz CT molecular complexity index is 468. The predicted molar refractivity (Wildman–Crippen MR) is 76.9 cm³/mol. The molecule has 0 aliphatic carbocycles. The lowest BCUT2D eigenvalue weighted by Crippen LogP contribution is -2.35. The number of aldehydes is 1. The molecule has 0 spiro atoms. The molecule has 0 atom stereocenters. The van der Waals surface area contributed by atoms with E-state index in [0.717, 1.165) is 24.9 Å². The van der Waals surface area contributed by atoms with Crippen molar-refractivity contribution in [3.8, 4) is 0 Å². The molecule has 0 amide bonds. The van der Waals surface area contributed by atoms with Crippen molar-refractivity contribution >= 4 is 17.2 Å². The van der Waals surface area contributed by atoms with Gasteiger partial charge in [0.25, 0.3) is 0 Å². The van der Waals surface area contributed by atoms with E-state index >= 15 is 0 Å². The minimum absolute atomic E-state index is 0.0185. The number of carbonyl (C=O) groups excluding carboxylic acids is 1. The van der Waals surface area contributed by atoms with E-state index in [4.69, 9.17) is 0 Å². The van der Waals surface area contributed by atoms with Gasteiger partial charge in [0.1, 0.15) is 6.17 Å². The van der Waals surface area contributed by atoms with Gasteiger partial charge in [-0.05, 0) is 26.2 Å². The predicted octanol–water partition coefficient (Wildman–Crippen LogP) is 1.62. The molecule has 1 aromatic heterocycles. The van der Waals surface area contributed by atoms with Gasteiger partial charge in [-0.1, -0.05) is 24.3 Å². The van der Waals surface area contributed by atoms with Gasteiger partial charge in [0.2, 0.25) is 0 Å². The Morgan fingerprint density at radius 1 is 1.11 bits per heavy atom. The molecule has 3 rings (SSSR count). The second kappa shape index (κ2) is 6.41. The first-order valence-corrected chi connectivity index (χ1v) is 6.38. The largest absolute Gasteiger partial charge is 0.300 e. The second-order valence-corrected chi connectivity index (χ2v) is 4.71. The Labute approximate surface area is 113 Å². The highest BCUT2D eigenvalue weighted by Crippen LogP contribution is 2.08. The average Bonchev–Trinajstić information content (AvgIpc) is 2.78. The van der Waals surface area contributed by atoms with E-state index in [1.165, 1.54) is 5.39 Å². The van der Waals surface area contributed by atoms with Crippen LogP contribution in [0.15, 0.2) is 42.6 Å². The van der Waals surface area contributed by atoms with Crippen LogP contribution in [-0.2, 0) is 4.79 Å². The number of rotatable bonds is 1. The van der Waals surface area contributed by atoms with Crippen LogP contribution in [0.4, 0.5) is 0 Å². The van der Waals surface area contributed by atoms with Crippen LogP contribution < -0.4 is 0 Å². The normalized spacial score (nSPS) is 17.2. The number of hydrogen-bond acceptors (Lipinski definition) is 4. The highest BCUT2D eigenvalue weighted by atomic mass is 16.1. The standard InChI is InChI=1S/C9H7N.C6H12N2O/c1-2-6-9-8(4-1)5-3-7-10-9;1-7-3-4-8(2)6(7)5-9/h1-7H;5-6H,3-4H2,1-2H3. The fourth-order valence-corrected chi connectivity index (χ4v) is 2.14. The Hall–Kier alpha value is -1.78. The van der Waals surface area contributed by atoms with Gasteiger partial charge in [0.15, 0.2) is 6.29 Å². The van der Waals surface area contributed by atoms with Gasteiger partial charge >= 0.3 is 0 Å². The number of fused-ring (bicyclic) bond motifs is 1. The summed E-state index contributed by atoms with van der Waals surface area (Å²) in [6, 6.07) is 12.1. The smallest absolute Gasteiger partial charge is 0.151 e. The van der Waals surface area contributed by atoms with Gasteiger partial charge in [-0.25, -0.2) is 0 Å². The maximum atomic E-state index is 10.3. The fraction of sp³-hybridized carbons (Fsp3) is 0.333.